The summed E-state index contributed by atoms with van der Waals surface area (Å²) >= 11 is 0. The largest absolute Gasteiger partial charge is 0.469 e. The molecule has 3 N–H and O–H groups in total. The Morgan fingerprint density at radius 1 is 1.03 bits per heavy atom. The molecular weight excluding hydrogens is 401 g/mol. The minimum Gasteiger partial charge on any atom is -0.469 e. The molecule has 0 radical (unpaired) electrons. The quantitative estimate of drug-likeness (QED) is 0.482. The third kappa shape index (κ3) is 6.16. The summed E-state index contributed by atoms with van der Waals surface area (Å²) in [5.41, 5.74) is 2.58. The number of urea groups is 1. The van der Waals surface area contributed by atoms with Crippen molar-refractivity contribution in [2.45, 2.75) is 27.0 Å². The minimum absolute atomic E-state index is 0.0479. The van der Waals surface area contributed by atoms with Crippen LogP contribution in [0.1, 0.15) is 34.2 Å². The average molecular weight is 425 g/mol. The Bertz CT molecular complexity index is 1050. The standard InChI is InChI=1S/C23H24FN3O4/c1-3-30-14-17-6-4-16(5-7-17)13-25-23(29)26-18-8-9-20(24)21(12-18)27-22(28)19-10-11-31-15(19)2/h4-12H,3,13-14H2,1-2H3,(H,27,28)(H2,25,26,29). The van der Waals surface area contributed by atoms with Gasteiger partial charge in [-0.1, -0.05) is 24.3 Å². The van der Waals surface area contributed by atoms with E-state index in [2.05, 4.69) is 16.0 Å². The molecule has 31 heavy (non-hydrogen) atoms. The van der Waals surface area contributed by atoms with Crippen molar-refractivity contribution in [3.63, 3.8) is 0 Å². The molecule has 0 fully saturated rings. The number of hydrogen-bond acceptors (Lipinski definition) is 4. The predicted octanol–water partition coefficient (Wildman–Crippen LogP) is 4.84. The molecule has 0 spiro atoms. The van der Waals surface area contributed by atoms with Crippen molar-refractivity contribution < 1.29 is 23.1 Å². The molecule has 0 saturated heterocycles. The van der Waals surface area contributed by atoms with Gasteiger partial charge in [-0.3, -0.25) is 4.79 Å². The van der Waals surface area contributed by atoms with E-state index in [9.17, 15) is 14.0 Å². The van der Waals surface area contributed by atoms with Crippen LogP contribution in [0.2, 0.25) is 0 Å². The zero-order valence-electron chi connectivity index (χ0n) is 17.3. The lowest BCUT2D eigenvalue weighted by Crippen LogP contribution is -2.28. The van der Waals surface area contributed by atoms with Crippen LogP contribution in [-0.2, 0) is 17.9 Å². The van der Waals surface area contributed by atoms with Crippen LogP contribution >= 0.6 is 0 Å². The zero-order valence-corrected chi connectivity index (χ0v) is 17.3. The van der Waals surface area contributed by atoms with E-state index in [4.69, 9.17) is 9.15 Å². The lowest BCUT2D eigenvalue weighted by molar-refractivity contribution is 0.102. The Morgan fingerprint density at radius 2 is 1.77 bits per heavy atom. The highest BCUT2D eigenvalue weighted by molar-refractivity contribution is 6.05. The van der Waals surface area contributed by atoms with Gasteiger partial charge in [0.05, 0.1) is 24.1 Å². The second-order valence-corrected chi connectivity index (χ2v) is 6.80. The number of anilines is 2. The molecule has 7 nitrogen and oxygen atoms in total. The maximum absolute atomic E-state index is 14.1. The number of halogens is 1. The van der Waals surface area contributed by atoms with Crippen LogP contribution < -0.4 is 16.0 Å². The van der Waals surface area contributed by atoms with E-state index in [0.29, 0.717) is 36.8 Å². The van der Waals surface area contributed by atoms with E-state index in [1.165, 1.54) is 30.5 Å². The molecule has 0 aliphatic rings. The first kappa shape index (κ1) is 22.0. The van der Waals surface area contributed by atoms with Crippen LogP contribution in [0.25, 0.3) is 0 Å². The van der Waals surface area contributed by atoms with Crippen LogP contribution in [-0.4, -0.2) is 18.5 Å². The van der Waals surface area contributed by atoms with Gasteiger partial charge >= 0.3 is 6.03 Å². The summed E-state index contributed by atoms with van der Waals surface area (Å²) in [6.45, 7) is 5.11. The zero-order chi connectivity index (χ0) is 22.2. The Kier molecular flexibility index (Phi) is 7.40. The van der Waals surface area contributed by atoms with Gasteiger partial charge in [-0.2, -0.15) is 0 Å². The van der Waals surface area contributed by atoms with E-state index in [1.54, 1.807) is 6.92 Å². The summed E-state index contributed by atoms with van der Waals surface area (Å²) in [6.07, 6.45) is 1.38. The average Bonchev–Trinajstić information content (AvgIpc) is 3.20. The number of ether oxygens (including phenoxy) is 1. The SMILES string of the molecule is CCOCc1ccc(CNC(=O)Nc2ccc(F)c(NC(=O)c3ccoc3C)c2)cc1. The van der Waals surface area contributed by atoms with Gasteiger partial charge in [0.15, 0.2) is 0 Å². The van der Waals surface area contributed by atoms with E-state index in [1.807, 2.05) is 31.2 Å². The van der Waals surface area contributed by atoms with E-state index in [0.717, 1.165) is 11.1 Å². The summed E-state index contributed by atoms with van der Waals surface area (Å²) in [5, 5.41) is 7.86. The lowest BCUT2D eigenvalue weighted by atomic mass is 10.1. The molecule has 162 valence electrons. The highest BCUT2D eigenvalue weighted by Crippen LogP contribution is 2.21. The molecule has 8 heteroatoms. The molecule has 0 unspecified atom stereocenters. The fraction of sp³-hybridized carbons (Fsp3) is 0.217. The van der Waals surface area contributed by atoms with Crippen molar-refractivity contribution in [2.24, 2.45) is 0 Å². The number of benzene rings is 2. The molecular formula is C23H24FN3O4. The van der Waals surface area contributed by atoms with Crippen molar-refractivity contribution in [1.82, 2.24) is 5.32 Å². The van der Waals surface area contributed by atoms with Crippen molar-refractivity contribution in [3.8, 4) is 0 Å². The first-order valence-electron chi connectivity index (χ1n) is 9.81. The number of aryl methyl sites for hydroxylation is 1. The normalized spacial score (nSPS) is 10.5. The summed E-state index contributed by atoms with van der Waals surface area (Å²) in [5.74, 6) is -0.690. The first-order chi connectivity index (χ1) is 15.0. The third-order valence-electron chi connectivity index (χ3n) is 4.52. The smallest absolute Gasteiger partial charge is 0.319 e. The number of carbonyl (C=O) groups is 2. The van der Waals surface area contributed by atoms with Gasteiger partial charge in [0.2, 0.25) is 0 Å². The first-order valence-corrected chi connectivity index (χ1v) is 9.81. The van der Waals surface area contributed by atoms with Gasteiger partial charge in [-0.15, -0.1) is 0 Å². The van der Waals surface area contributed by atoms with E-state index < -0.39 is 17.8 Å². The summed E-state index contributed by atoms with van der Waals surface area (Å²) in [6, 6.07) is 12.7. The van der Waals surface area contributed by atoms with Gasteiger partial charge in [0.1, 0.15) is 11.6 Å². The van der Waals surface area contributed by atoms with Gasteiger partial charge in [-0.05, 0) is 49.2 Å². The molecule has 3 rings (SSSR count). The maximum atomic E-state index is 14.1. The van der Waals surface area contributed by atoms with E-state index in [-0.39, 0.29) is 5.69 Å². The third-order valence-corrected chi connectivity index (χ3v) is 4.52. The Labute approximate surface area is 179 Å². The van der Waals surface area contributed by atoms with E-state index >= 15 is 0 Å². The van der Waals surface area contributed by atoms with Gasteiger partial charge < -0.3 is 25.1 Å². The topological polar surface area (TPSA) is 92.6 Å². The van der Waals surface area contributed by atoms with Gasteiger partial charge in [0, 0.05) is 18.8 Å². The molecule has 2 aromatic carbocycles. The molecule has 1 heterocycles. The number of carbonyl (C=O) groups excluding carboxylic acids is 2. The number of amides is 3. The number of hydrogen-bond donors (Lipinski definition) is 3. The number of furan rings is 1. The van der Waals surface area contributed by atoms with Crippen molar-refractivity contribution in [3.05, 3.63) is 83.1 Å². The van der Waals surface area contributed by atoms with Crippen molar-refractivity contribution >= 4 is 23.3 Å². The number of nitrogens with one attached hydrogen (secondary N) is 3. The molecule has 1 aromatic heterocycles. The Hall–Kier alpha value is -3.65. The van der Waals surface area contributed by atoms with Crippen LogP contribution in [0.4, 0.5) is 20.6 Å². The molecule has 0 aliphatic carbocycles. The Morgan fingerprint density at radius 3 is 2.45 bits per heavy atom. The summed E-state index contributed by atoms with van der Waals surface area (Å²) in [7, 11) is 0. The number of rotatable bonds is 8. The molecule has 3 amide bonds. The highest BCUT2D eigenvalue weighted by Gasteiger charge is 2.14. The summed E-state index contributed by atoms with van der Waals surface area (Å²) in [4.78, 5) is 24.5. The molecule has 3 aromatic rings. The molecule has 0 bridgehead atoms. The van der Waals surface area contributed by atoms with Gasteiger partial charge in [-0.25, -0.2) is 9.18 Å². The summed E-state index contributed by atoms with van der Waals surface area (Å²) < 4.78 is 24.6. The molecule has 0 aliphatic heterocycles. The second kappa shape index (κ2) is 10.4. The van der Waals surface area contributed by atoms with Crippen LogP contribution in [0.3, 0.4) is 0 Å². The minimum atomic E-state index is -0.618. The molecule has 0 atom stereocenters. The fourth-order valence-corrected chi connectivity index (χ4v) is 2.84. The maximum Gasteiger partial charge on any atom is 0.319 e. The van der Waals surface area contributed by atoms with Gasteiger partial charge in [0.25, 0.3) is 5.91 Å². The second-order valence-electron chi connectivity index (χ2n) is 6.80. The predicted molar refractivity (Wildman–Crippen MR) is 115 cm³/mol. The van der Waals surface area contributed by atoms with Crippen LogP contribution in [0.15, 0.2) is 59.2 Å². The molecule has 0 saturated carbocycles. The fourth-order valence-electron chi connectivity index (χ4n) is 2.84. The monoisotopic (exact) mass is 425 g/mol. The van der Waals surface area contributed by atoms with Crippen LogP contribution in [0.5, 0.6) is 0 Å². The Balaban J connectivity index is 1.56. The van der Waals surface area contributed by atoms with Crippen LogP contribution in [0, 0.1) is 12.7 Å². The highest BCUT2D eigenvalue weighted by atomic mass is 19.1. The lowest BCUT2D eigenvalue weighted by Gasteiger charge is -2.11. The van der Waals surface area contributed by atoms with Crippen molar-refractivity contribution in [2.75, 3.05) is 17.2 Å². The van der Waals surface area contributed by atoms with Crippen molar-refractivity contribution in [1.29, 1.82) is 0 Å².